The molecule has 0 aliphatic rings. The number of aromatic carboxylic acids is 3. The molecule has 0 aromatic heterocycles. The first kappa shape index (κ1) is 54.8. The van der Waals surface area contributed by atoms with Gasteiger partial charge in [0.05, 0.1) is 16.7 Å². The Kier molecular flexibility index (Phi) is 21.6. The van der Waals surface area contributed by atoms with E-state index in [2.05, 4.69) is 0 Å². The van der Waals surface area contributed by atoms with Gasteiger partial charge in [0.1, 0.15) is 0 Å². The largest absolute Gasteiger partial charge is 4.00 e. The third-order valence-corrected chi connectivity index (χ3v) is 5.08. The Bertz CT molecular complexity index is 1450. The van der Waals surface area contributed by atoms with Crippen molar-refractivity contribution in [3.8, 4) is 0 Å². The first-order valence-electron chi connectivity index (χ1n) is 8.85. The second kappa shape index (κ2) is 18.9. The van der Waals surface area contributed by atoms with Gasteiger partial charge in [-0.25, -0.2) is 48.1 Å². The summed E-state index contributed by atoms with van der Waals surface area (Å²) in [5.74, 6) is -4.12. The van der Waals surface area contributed by atoms with Gasteiger partial charge < -0.3 is 33.5 Å². The number of carbonyl (C=O) groups is 3. The average molecular weight is 898 g/mol. The van der Waals surface area contributed by atoms with Crippen molar-refractivity contribution in [1.29, 1.82) is 0 Å². The molecule has 0 aliphatic heterocycles. The molecule has 0 radical (unpaired) electrons. The second-order valence-corrected chi connectivity index (χ2v) is 11.8. The van der Waals surface area contributed by atoms with Crippen molar-refractivity contribution < 1.29 is 160 Å². The Morgan fingerprint density at radius 2 is 0.500 bits per heavy atom. The fourth-order valence-corrected chi connectivity index (χ4v) is 0.998. The molecule has 0 amide bonds. The summed E-state index contributed by atoms with van der Waals surface area (Å²) in [6.45, 7) is 0. The van der Waals surface area contributed by atoms with E-state index in [1.165, 1.54) is 0 Å². The molecular weight excluding hydrogens is 892 g/mol. The van der Waals surface area contributed by atoms with Crippen molar-refractivity contribution in [1.82, 2.24) is 0 Å². The molecular formula is C13H6F12O18S4Zr. The number of carboxylic acid groups (broad SMARTS) is 3. The summed E-state index contributed by atoms with van der Waals surface area (Å²) in [6.07, 6.45) is 0. The Balaban J connectivity index is -0.000000165. The normalized spacial score (nSPS) is 12.3. The number of benzene rings is 1. The minimum atomic E-state index is -6.09. The minimum Gasteiger partial charge on any atom is -0.741 e. The molecule has 0 saturated heterocycles. The van der Waals surface area contributed by atoms with Gasteiger partial charge in [-0.2, -0.15) is 52.7 Å². The standard InChI is InChI=1S/C9H6O6.4CHF3O3S.Zr/c10-7(11)4-1-5(8(12)13)3-6(2-4)9(14)15;4*2-1(3,4)8(5,6)7;/h1-3H,(H,10,11)(H,12,13)(H,14,15);4*(H,5,6,7);/q;;;;;+4/p-4. The van der Waals surface area contributed by atoms with Gasteiger partial charge in [-0.15, -0.1) is 0 Å². The maximum absolute atomic E-state index is 10.7. The fourth-order valence-electron chi connectivity index (χ4n) is 0.998. The summed E-state index contributed by atoms with van der Waals surface area (Å²) >= 11 is 0. The van der Waals surface area contributed by atoms with Gasteiger partial charge >= 0.3 is 66.1 Å². The monoisotopic (exact) mass is 896 g/mol. The van der Waals surface area contributed by atoms with Crippen LogP contribution in [0.4, 0.5) is 52.7 Å². The Hall–Kier alpha value is -2.69. The maximum atomic E-state index is 10.7. The van der Waals surface area contributed by atoms with E-state index in [-0.39, 0.29) is 42.9 Å². The van der Waals surface area contributed by atoms with Gasteiger partial charge in [-0.3, -0.25) is 0 Å². The summed E-state index contributed by atoms with van der Waals surface area (Å²) in [6, 6.07) is 2.70. The first-order chi connectivity index (χ1) is 19.9. The molecule has 0 fully saturated rings. The van der Waals surface area contributed by atoms with Crippen LogP contribution in [0.5, 0.6) is 0 Å². The minimum absolute atomic E-state index is 0. The topological polar surface area (TPSA) is 341 Å². The van der Waals surface area contributed by atoms with Crippen LogP contribution in [0, 0.1) is 0 Å². The van der Waals surface area contributed by atoms with Crippen molar-refractivity contribution in [2.24, 2.45) is 0 Å². The summed E-state index contributed by atoms with van der Waals surface area (Å²) in [5.41, 5.74) is -23.7. The SMILES string of the molecule is O=C(O)c1cc(C(=O)O)cc(C(=O)O)c1.O=S(=O)([O-])C(F)(F)F.O=S(=O)([O-])C(F)(F)F.O=S(=O)([O-])C(F)(F)F.O=S(=O)([O-])C(F)(F)F.[Zr+4]. The van der Waals surface area contributed by atoms with Crippen molar-refractivity contribution >= 4 is 58.4 Å². The van der Waals surface area contributed by atoms with Gasteiger partial charge in [0.25, 0.3) is 0 Å². The predicted octanol–water partition coefficient (Wildman–Crippen LogP) is 0.984. The number of rotatable bonds is 3. The Labute approximate surface area is 275 Å². The second-order valence-electron chi connectivity index (χ2n) is 6.31. The van der Waals surface area contributed by atoms with Crippen molar-refractivity contribution in [3.05, 3.63) is 34.9 Å². The van der Waals surface area contributed by atoms with Crippen LogP contribution < -0.4 is 0 Å². The zero-order valence-electron chi connectivity index (χ0n) is 20.9. The molecule has 1 rings (SSSR count). The van der Waals surface area contributed by atoms with Crippen LogP contribution in [0.25, 0.3) is 0 Å². The number of carboxylic acids is 3. The molecule has 35 heteroatoms. The van der Waals surface area contributed by atoms with E-state index in [4.69, 9.17) is 67.2 Å². The van der Waals surface area contributed by atoms with Crippen LogP contribution in [0.3, 0.4) is 0 Å². The number of hydrogen-bond acceptors (Lipinski definition) is 15. The van der Waals surface area contributed by atoms with Crippen LogP contribution in [0.2, 0.25) is 0 Å². The molecule has 48 heavy (non-hydrogen) atoms. The summed E-state index contributed by atoms with van der Waals surface area (Å²) in [4.78, 5) is 31.7. The zero-order chi connectivity index (χ0) is 39.6. The van der Waals surface area contributed by atoms with E-state index in [1.54, 1.807) is 0 Å². The maximum Gasteiger partial charge on any atom is 4.00 e. The van der Waals surface area contributed by atoms with E-state index in [0.717, 1.165) is 18.2 Å². The molecule has 3 N–H and O–H groups in total. The van der Waals surface area contributed by atoms with Gasteiger partial charge in [0.15, 0.2) is 40.5 Å². The number of halogens is 12. The van der Waals surface area contributed by atoms with E-state index in [1.807, 2.05) is 0 Å². The Morgan fingerprint density at radius 3 is 0.542 bits per heavy atom. The molecule has 0 heterocycles. The third kappa shape index (κ3) is 23.6. The van der Waals surface area contributed by atoms with Crippen molar-refractivity contribution in [3.63, 3.8) is 0 Å². The van der Waals surface area contributed by atoms with Crippen LogP contribution in [0.1, 0.15) is 31.1 Å². The molecule has 1 aromatic rings. The van der Waals surface area contributed by atoms with Crippen molar-refractivity contribution in [2.45, 2.75) is 22.0 Å². The van der Waals surface area contributed by atoms with E-state index in [0.29, 0.717) is 0 Å². The summed E-state index contributed by atoms with van der Waals surface area (Å²) in [5, 5.41) is 25.8. The predicted molar refractivity (Wildman–Crippen MR) is 110 cm³/mol. The van der Waals surface area contributed by atoms with Gasteiger partial charge in [-0.1, -0.05) is 0 Å². The van der Waals surface area contributed by atoms with Crippen LogP contribution >= 0.6 is 0 Å². The summed E-state index contributed by atoms with van der Waals surface area (Å²) in [7, 11) is -24.4. The summed E-state index contributed by atoms with van der Waals surface area (Å²) < 4.78 is 236. The van der Waals surface area contributed by atoms with E-state index < -0.39 is 80.4 Å². The number of hydrogen-bond donors (Lipinski definition) is 3. The smallest absolute Gasteiger partial charge is 0.741 e. The molecule has 0 spiro atoms. The van der Waals surface area contributed by atoms with E-state index in [9.17, 15) is 67.1 Å². The molecule has 0 unspecified atom stereocenters. The van der Waals surface area contributed by atoms with Crippen LogP contribution in [-0.2, 0) is 66.7 Å². The quantitative estimate of drug-likeness (QED) is 0.216. The molecule has 0 bridgehead atoms. The molecule has 0 atom stereocenters. The zero-order valence-corrected chi connectivity index (χ0v) is 26.6. The van der Waals surface area contributed by atoms with Gasteiger partial charge in [-0.05, 0) is 18.2 Å². The Morgan fingerprint density at radius 1 is 0.417 bits per heavy atom. The van der Waals surface area contributed by atoms with E-state index >= 15 is 0 Å². The first-order valence-corrected chi connectivity index (χ1v) is 14.5. The molecule has 1 aromatic carbocycles. The van der Waals surface area contributed by atoms with Crippen molar-refractivity contribution in [2.75, 3.05) is 0 Å². The average Bonchev–Trinajstić information content (AvgIpc) is 2.75. The third-order valence-electron chi connectivity index (χ3n) is 2.81. The molecule has 278 valence electrons. The molecule has 0 saturated carbocycles. The van der Waals surface area contributed by atoms with Gasteiger partial charge in [0.2, 0.25) is 0 Å². The molecule has 18 nitrogen and oxygen atoms in total. The van der Waals surface area contributed by atoms with Crippen LogP contribution in [0.15, 0.2) is 18.2 Å². The molecule has 0 aliphatic carbocycles. The fraction of sp³-hybridized carbons (Fsp3) is 0.308. The van der Waals surface area contributed by atoms with Gasteiger partial charge in [0, 0.05) is 0 Å². The number of alkyl halides is 12. The van der Waals surface area contributed by atoms with Crippen LogP contribution in [-0.4, -0.2) is 107 Å².